The zero-order valence-electron chi connectivity index (χ0n) is 16.4. The van der Waals surface area contributed by atoms with Crippen molar-refractivity contribution < 1.29 is 85.2 Å². The third kappa shape index (κ3) is 32.5. The predicted molar refractivity (Wildman–Crippen MR) is 108 cm³/mol. The summed E-state index contributed by atoms with van der Waals surface area (Å²) in [7, 11) is 0. The van der Waals surface area contributed by atoms with E-state index in [0.29, 0.717) is 0 Å². The summed E-state index contributed by atoms with van der Waals surface area (Å²) in [5.74, 6) is -1.67. The van der Waals surface area contributed by atoms with E-state index >= 15 is 0 Å². The molecule has 0 atom stereocenters. The van der Waals surface area contributed by atoms with Crippen LogP contribution in [0.3, 0.4) is 0 Å². The molecule has 2 aromatic carbocycles. The molecule has 6 heteroatoms. The maximum Gasteiger partial charge on any atom is 0.300 e. The van der Waals surface area contributed by atoms with Gasteiger partial charge in [-0.05, 0) is 0 Å². The number of hydrogen-bond donors (Lipinski definition) is 2. The van der Waals surface area contributed by atoms with Gasteiger partial charge >= 0.3 is 0 Å². The third-order valence-electron chi connectivity index (χ3n) is 2.22. The summed E-state index contributed by atoms with van der Waals surface area (Å²) < 4.78 is 0. The molecule has 0 heterocycles. The van der Waals surface area contributed by atoms with Crippen LogP contribution in [0.25, 0.3) is 12.2 Å². The van der Waals surface area contributed by atoms with Crippen LogP contribution in [0, 0.1) is 13.8 Å². The van der Waals surface area contributed by atoms with Crippen LogP contribution >= 0.6 is 0 Å². The first-order chi connectivity index (χ1) is 12.3. The molecule has 28 heavy (non-hydrogen) atoms. The van der Waals surface area contributed by atoms with E-state index in [0.717, 1.165) is 13.8 Å². The first-order valence-electron chi connectivity index (χ1n) is 7.74. The van der Waals surface area contributed by atoms with Gasteiger partial charge < -0.3 is 10.2 Å². The molecule has 0 saturated heterocycles. The molecule has 0 unspecified atom stereocenters. The molecule has 0 aliphatic carbocycles. The SMILES string of the molecule is CC(=O)O.CC(=O)O.[CH2-]/C=C/c1ccccc1.[CH2-]/C=C\c1ccccc1.[Y].[Y]. The summed E-state index contributed by atoms with van der Waals surface area (Å²) in [5.41, 5.74) is 2.40. The molecular weight excluding hydrogens is 506 g/mol. The molecule has 0 bridgehead atoms. The van der Waals surface area contributed by atoms with Gasteiger partial charge in [0, 0.05) is 79.3 Å². The van der Waals surface area contributed by atoms with Gasteiger partial charge in [0.2, 0.25) is 0 Å². The molecule has 0 aliphatic heterocycles. The Hall–Kier alpha value is -1.19. The normalized spacial score (nSPS) is 8.36. The van der Waals surface area contributed by atoms with Crippen molar-refractivity contribution >= 4 is 24.1 Å². The molecule has 0 amide bonds. The molecule has 2 N–H and O–H groups in total. The van der Waals surface area contributed by atoms with Gasteiger partial charge in [0.15, 0.2) is 0 Å². The number of carboxylic acids is 2. The first-order valence-corrected chi connectivity index (χ1v) is 7.74. The molecule has 0 aromatic heterocycles. The van der Waals surface area contributed by atoms with Crippen molar-refractivity contribution in [3.05, 3.63) is 97.8 Å². The van der Waals surface area contributed by atoms with Gasteiger partial charge in [0.25, 0.3) is 11.9 Å². The van der Waals surface area contributed by atoms with Crippen molar-refractivity contribution in [2.24, 2.45) is 0 Å². The molecule has 2 aromatic rings. The van der Waals surface area contributed by atoms with Crippen molar-refractivity contribution in [3.63, 3.8) is 0 Å². The van der Waals surface area contributed by atoms with Gasteiger partial charge in [0.05, 0.1) is 0 Å². The van der Waals surface area contributed by atoms with Crippen molar-refractivity contribution in [2.75, 3.05) is 0 Å². The van der Waals surface area contributed by atoms with Crippen LogP contribution in [-0.4, -0.2) is 22.2 Å². The van der Waals surface area contributed by atoms with E-state index in [1.807, 2.05) is 72.8 Å². The van der Waals surface area contributed by atoms with Gasteiger partial charge in [-0.3, -0.25) is 9.59 Å². The summed E-state index contributed by atoms with van der Waals surface area (Å²) in [5, 5.41) is 14.8. The average Bonchev–Trinajstić information content (AvgIpc) is 2.57. The Kier molecular flexibility index (Phi) is 31.6. The number of benzene rings is 2. The number of rotatable bonds is 2. The Morgan fingerprint density at radius 1 is 0.679 bits per heavy atom. The summed E-state index contributed by atoms with van der Waals surface area (Å²) in [6, 6.07) is 20.2. The van der Waals surface area contributed by atoms with Gasteiger partial charge in [-0.15, -0.1) is 11.1 Å². The molecule has 2 rings (SSSR count). The second-order valence-corrected chi connectivity index (χ2v) is 4.66. The van der Waals surface area contributed by atoms with Crippen molar-refractivity contribution in [1.82, 2.24) is 0 Å². The largest absolute Gasteiger partial charge is 0.481 e. The Morgan fingerprint density at radius 2 is 0.893 bits per heavy atom. The fraction of sp³-hybridized carbons (Fsp3) is 0.0909. The summed E-state index contributed by atoms with van der Waals surface area (Å²) in [4.78, 5) is 18.0. The Morgan fingerprint density at radius 3 is 1.07 bits per heavy atom. The molecular formula is C22H26O4Y2-2. The second kappa shape index (κ2) is 25.8. The van der Waals surface area contributed by atoms with Crippen LogP contribution in [0.2, 0.25) is 0 Å². The monoisotopic (exact) mass is 532 g/mol. The fourth-order valence-electron chi connectivity index (χ4n) is 1.40. The summed E-state index contributed by atoms with van der Waals surface area (Å²) in [6.07, 6.45) is 7.52. The van der Waals surface area contributed by atoms with E-state index in [4.69, 9.17) is 19.8 Å². The quantitative estimate of drug-likeness (QED) is 0.519. The van der Waals surface area contributed by atoms with Crippen LogP contribution in [0.15, 0.2) is 72.8 Å². The van der Waals surface area contributed by atoms with Crippen LogP contribution in [0.5, 0.6) is 0 Å². The Balaban J connectivity index is -0.000000144. The molecule has 0 aliphatic rings. The van der Waals surface area contributed by atoms with Crippen LogP contribution in [-0.2, 0) is 75.0 Å². The smallest absolute Gasteiger partial charge is 0.300 e. The second-order valence-electron chi connectivity index (χ2n) is 4.66. The molecule has 146 valence electrons. The maximum atomic E-state index is 9.00. The number of allylic oxidation sites excluding steroid dienone is 2. The average molecular weight is 532 g/mol. The van der Waals surface area contributed by atoms with E-state index in [1.54, 1.807) is 12.2 Å². The molecule has 0 spiro atoms. The first kappa shape index (κ1) is 34.3. The number of carbonyl (C=O) groups is 2. The van der Waals surface area contributed by atoms with E-state index in [1.165, 1.54) is 11.1 Å². The van der Waals surface area contributed by atoms with E-state index < -0.39 is 11.9 Å². The van der Waals surface area contributed by atoms with Crippen molar-refractivity contribution in [3.8, 4) is 0 Å². The van der Waals surface area contributed by atoms with Crippen molar-refractivity contribution in [1.29, 1.82) is 0 Å². The Bertz CT molecular complexity index is 587. The molecule has 2 radical (unpaired) electrons. The third-order valence-corrected chi connectivity index (χ3v) is 2.22. The summed E-state index contributed by atoms with van der Waals surface area (Å²) >= 11 is 0. The predicted octanol–water partition coefficient (Wildman–Crippen LogP) is 5.24. The van der Waals surface area contributed by atoms with Crippen LogP contribution < -0.4 is 0 Å². The van der Waals surface area contributed by atoms with Crippen molar-refractivity contribution in [2.45, 2.75) is 13.8 Å². The number of carboxylic acid groups (broad SMARTS) is 2. The minimum absolute atomic E-state index is 0. The van der Waals surface area contributed by atoms with Crippen LogP contribution in [0.4, 0.5) is 0 Å². The minimum Gasteiger partial charge on any atom is -0.481 e. The van der Waals surface area contributed by atoms with Gasteiger partial charge in [-0.1, -0.05) is 60.7 Å². The standard InChI is InChI=1S/2C9H9.2C2H4O2.2Y/c2*1-2-6-9-7-4-3-5-8-9;2*1-2(3)4;;/h2*2-8H,1H2;2*1H3,(H,3,4);;/q2*-1;;;;/b6-2+;6-2-;;;;. The number of aliphatic carboxylic acids is 2. The van der Waals surface area contributed by atoms with Crippen LogP contribution in [0.1, 0.15) is 25.0 Å². The zero-order chi connectivity index (χ0) is 20.2. The van der Waals surface area contributed by atoms with Gasteiger partial charge in [-0.25, -0.2) is 38.2 Å². The topological polar surface area (TPSA) is 74.6 Å². The minimum atomic E-state index is -0.833. The molecule has 4 nitrogen and oxygen atoms in total. The summed E-state index contributed by atoms with van der Waals surface area (Å²) in [6.45, 7) is 9.37. The van der Waals surface area contributed by atoms with E-state index in [9.17, 15) is 0 Å². The number of hydrogen-bond acceptors (Lipinski definition) is 2. The zero-order valence-corrected chi connectivity index (χ0v) is 22.0. The molecule has 0 saturated carbocycles. The van der Waals surface area contributed by atoms with Gasteiger partial charge in [0.1, 0.15) is 0 Å². The van der Waals surface area contributed by atoms with E-state index in [-0.39, 0.29) is 65.4 Å². The van der Waals surface area contributed by atoms with Gasteiger partial charge in [-0.2, -0.15) is 0 Å². The fourth-order valence-corrected chi connectivity index (χ4v) is 1.40. The Labute approximate surface area is 218 Å². The maximum absolute atomic E-state index is 9.00. The van der Waals surface area contributed by atoms with E-state index in [2.05, 4.69) is 13.8 Å². The molecule has 0 fully saturated rings.